The van der Waals surface area contributed by atoms with E-state index in [1.807, 2.05) is 19.9 Å². The van der Waals surface area contributed by atoms with Gasteiger partial charge in [-0.25, -0.2) is 0 Å². The Bertz CT molecular complexity index is 436. The molecule has 1 fully saturated rings. The quantitative estimate of drug-likeness (QED) is 0.832. The van der Waals surface area contributed by atoms with E-state index in [0.29, 0.717) is 19.8 Å². The van der Waals surface area contributed by atoms with Crippen LogP contribution in [0, 0.1) is 0 Å². The molecule has 2 heterocycles. The van der Waals surface area contributed by atoms with Crippen molar-refractivity contribution in [2.24, 2.45) is 5.73 Å². The minimum Gasteiger partial charge on any atom is -0.378 e. The number of nitrogens with one attached hydrogen (secondary N) is 1. The monoisotopic (exact) mass is 311 g/mol. The normalized spacial score (nSPS) is 22.7. The smallest absolute Gasteiger partial charge is 0.239 e. The number of nitrogens with zero attached hydrogens (tertiary/aromatic N) is 1. The average molecular weight is 311 g/mol. The summed E-state index contributed by atoms with van der Waals surface area (Å²) < 4.78 is 5.52. The molecule has 21 heavy (non-hydrogen) atoms. The van der Waals surface area contributed by atoms with Gasteiger partial charge in [0.15, 0.2) is 0 Å². The van der Waals surface area contributed by atoms with E-state index in [2.05, 4.69) is 21.7 Å². The third kappa shape index (κ3) is 4.03. The molecule has 0 aromatic carbocycles. The van der Waals surface area contributed by atoms with Gasteiger partial charge in [-0.3, -0.25) is 9.69 Å². The summed E-state index contributed by atoms with van der Waals surface area (Å²) in [5.41, 5.74) is 6.21. The summed E-state index contributed by atoms with van der Waals surface area (Å²) in [5.74, 6) is 0.0405. The maximum absolute atomic E-state index is 12.4. The zero-order valence-corrected chi connectivity index (χ0v) is 13.6. The number of amides is 1. The second-order valence-corrected chi connectivity index (χ2v) is 6.42. The molecule has 1 saturated heterocycles. The second-order valence-electron chi connectivity index (χ2n) is 5.44. The van der Waals surface area contributed by atoms with Crippen molar-refractivity contribution in [1.29, 1.82) is 0 Å². The van der Waals surface area contributed by atoms with Crippen LogP contribution in [0.3, 0.4) is 0 Å². The molecular formula is C15H25N3O2S. The molecule has 6 heteroatoms. The zero-order valence-electron chi connectivity index (χ0n) is 12.7. The van der Waals surface area contributed by atoms with Gasteiger partial charge in [0, 0.05) is 24.0 Å². The van der Waals surface area contributed by atoms with E-state index in [4.69, 9.17) is 10.5 Å². The lowest BCUT2D eigenvalue weighted by atomic mass is 10.0. The number of rotatable bonds is 6. The number of thiophene rings is 1. The SMILES string of the molecule is CCCNC(=O)C1COCCN1C(c1cccs1)C(C)N. The number of carbonyl (C=O) groups excluding carboxylic acids is 1. The van der Waals surface area contributed by atoms with Gasteiger partial charge in [-0.15, -0.1) is 11.3 Å². The summed E-state index contributed by atoms with van der Waals surface area (Å²) in [6.07, 6.45) is 0.932. The third-order valence-electron chi connectivity index (χ3n) is 3.71. The Labute approximate surface area is 130 Å². The van der Waals surface area contributed by atoms with Gasteiger partial charge in [0.2, 0.25) is 5.91 Å². The molecule has 118 valence electrons. The van der Waals surface area contributed by atoms with E-state index in [1.54, 1.807) is 11.3 Å². The highest BCUT2D eigenvalue weighted by Gasteiger charge is 2.36. The van der Waals surface area contributed by atoms with Gasteiger partial charge in [-0.2, -0.15) is 0 Å². The first-order chi connectivity index (χ1) is 10.1. The summed E-state index contributed by atoms with van der Waals surface area (Å²) in [7, 11) is 0. The lowest BCUT2D eigenvalue weighted by Crippen LogP contribution is -2.57. The van der Waals surface area contributed by atoms with Crippen molar-refractivity contribution in [1.82, 2.24) is 10.2 Å². The van der Waals surface area contributed by atoms with E-state index < -0.39 is 0 Å². The summed E-state index contributed by atoms with van der Waals surface area (Å²) in [5, 5.41) is 5.03. The number of hydrogen-bond donors (Lipinski definition) is 2. The molecule has 0 aliphatic carbocycles. The fourth-order valence-electron chi connectivity index (χ4n) is 2.73. The minimum atomic E-state index is -0.261. The van der Waals surface area contributed by atoms with Crippen LogP contribution in [0.4, 0.5) is 0 Å². The van der Waals surface area contributed by atoms with Crippen LogP contribution >= 0.6 is 11.3 Å². The van der Waals surface area contributed by atoms with E-state index in [9.17, 15) is 4.79 Å². The number of ether oxygens (including phenoxy) is 1. The van der Waals surface area contributed by atoms with Crippen LogP contribution in [-0.2, 0) is 9.53 Å². The van der Waals surface area contributed by atoms with Crippen molar-refractivity contribution in [3.8, 4) is 0 Å². The van der Waals surface area contributed by atoms with Crippen molar-refractivity contribution < 1.29 is 9.53 Å². The summed E-state index contributed by atoms with van der Waals surface area (Å²) in [6.45, 7) is 6.56. The zero-order chi connectivity index (χ0) is 15.2. The number of carbonyl (C=O) groups is 1. The fraction of sp³-hybridized carbons (Fsp3) is 0.667. The van der Waals surface area contributed by atoms with E-state index in [1.165, 1.54) is 4.88 Å². The van der Waals surface area contributed by atoms with Crippen molar-refractivity contribution in [2.45, 2.75) is 38.4 Å². The van der Waals surface area contributed by atoms with Crippen molar-refractivity contribution in [3.63, 3.8) is 0 Å². The van der Waals surface area contributed by atoms with Gasteiger partial charge < -0.3 is 15.8 Å². The Morgan fingerprint density at radius 3 is 3.10 bits per heavy atom. The molecule has 3 N–H and O–H groups in total. The number of morpholine rings is 1. The Morgan fingerprint density at radius 2 is 2.48 bits per heavy atom. The highest BCUT2D eigenvalue weighted by Crippen LogP contribution is 2.30. The minimum absolute atomic E-state index is 0.0387. The first-order valence-corrected chi connectivity index (χ1v) is 8.43. The van der Waals surface area contributed by atoms with Crippen molar-refractivity contribution in [3.05, 3.63) is 22.4 Å². The first kappa shape index (κ1) is 16.4. The first-order valence-electron chi connectivity index (χ1n) is 7.55. The predicted molar refractivity (Wildman–Crippen MR) is 85.3 cm³/mol. The van der Waals surface area contributed by atoms with Gasteiger partial charge in [0.05, 0.1) is 19.3 Å². The molecular weight excluding hydrogens is 286 g/mol. The standard InChI is InChI=1S/C15H25N3O2S/c1-3-6-17-15(19)12-10-20-8-7-18(12)14(11(2)16)13-5-4-9-21-13/h4-5,9,11-12,14H,3,6-8,10,16H2,1-2H3,(H,17,19). The van der Waals surface area contributed by atoms with Crippen molar-refractivity contribution >= 4 is 17.2 Å². The summed E-state index contributed by atoms with van der Waals surface area (Å²) in [6, 6.07) is 3.88. The molecule has 0 bridgehead atoms. The van der Waals surface area contributed by atoms with Crippen LogP contribution in [0.1, 0.15) is 31.2 Å². The van der Waals surface area contributed by atoms with Crippen molar-refractivity contribution in [2.75, 3.05) is 26.3 Å². The van der Waals surface area contributed by atoms with E-state index in [-0.39, 0.29) is 24.0 Å². The molecule has 1 amide bonds. The Balaban J connectivity index is 2.17. The molecule has 1 aliphatic rings. The Morgan fingerprint density at radius 1 is 1.67 bits per heavy atom. The molecule has 3 unspecified atom stereocenters. The Kier molecular flexibility index (Phi) is 6.17. The second kappa shape index (κ2) is 7.89. The molecule has 2 rings (SSSR count). The lowest BCUT2D eigenvalue weighted by molar-refractivity contribution is -0.135. The van der Waals surface area contributed by atoms with Crippen LogP contribution in [0.2, 0.25) is 0 Å². The number of nitrogens with two attached hydrogens (primary N) is 1. The van der Waals surface area contributed by atoms with Crippen LogP contribution in [0.5, 0.6) is 0 Å². The molecule has 1 aromatic heterocycles. The Hall–Kier alpha value is -0.950. The fourth-order valence-corrected chi connectivity index (χ4v) is 3.69. The highest BCUT2D eigenvalue weighted by molar-refractivity contribution is 7.10. The van der Waals surface area contributed by atoms with E-state index >= 15 is 0 Å². The lowest BCUT2D eigenvalue weighted by Gasteiger charge is -2.41. The number of hydrogen-bond acceptors (Lipinski definition) is 5. The van der Waals surface area contributed by atoms with Gasteiger partial charge in [0.25, 0.3) is 0 Å². The van der Waals surface area contributed by atoms with Crippen LogP contribution in [0.15, 0.2) is 17.5 Å². The van der Waals surface area contributed by atoms with Gasteiger partial charge in [0.1, 0.15) is 6.04 Å². The van der Waals surface area contributed by atoms with Crippen LogP contribution in [-0.4, -0.2) is 49.2 Å². The predicted octanol–water partition coefficient (Wildman–Crippen LogP) is 1.36. The maximum atomic E-state index is 12.4. The molecule has 1 aliphatic heterocycles. The van der Waals surface area contributed by atoms with Crippen LogP contribution < -0.4 is 11.1 Å². The molecule has 0 saturated carbocycles. The summed E-state index contributed by atoms with van der Waals surface area (Å²) >= 11 is 1.69. The largest absolute Gasteiger partial charge is 0.378 e. The molecule has 1 aromatic rings. The van der Waals surface area contributed by atoms with Gasteiger partial charge in [-0.05, 0) is 24.8 Å². The summed E-state index contributed by atoms with van der Waals surface area (Å²) in [4.78, 5) is 15.8. The maximum Gasteiger partial charge on any atom is 0.239 e. The van der Waals surface area contributed by atoms with Crippen LogP contribution in [0.25, 0.3) is 0 Å². The highest BCUT2D eigenvalue weighted by atomic mass is 32.1. The molecule has 0 spiro atoms. The average Bonchev–Trinajstić information content (AvgIpc) is 2.99. The van der Waals surface area contributed by atoms with E-state index in [0.717, 1.165) is 13.0 Å². The molecule has 3 atom stereocenters. The third-order valence-corrected chi connectivity index (χ3v) is 4.65. The van der Waals surface area contributed by atoms with Gasteiger partial charge >= 0.3 is 0 Å². The molecule has 5 nitrogen and oxygen atoms in total. The molecule has 0 radical (unpaired) electrons. The topological polar surface area (TPSA) is 67.6 Å². The van der Waals surface area contributed by atoms with Gasteiger partial charge in [-0.1, -0.05) is 13.0 Å².